The van der Waals surface area contributed by atoms with Crippen molar-refractivity contribution >= 4 is 21.8 Å². The molecule has 7 nitrogen and oxygen atoms in total. The van der Waals surface area contributed by atoms with Crippen LogP contribution < -0.4 is 5.32 Å². The number of carbonyl (C=O) groups excluding carboxylic acids is 2. The van der Waals surface area contributed by atoms with Gasteiger partial charge in [-0.05, 0) is 49.9 Å². The molecule has 148 valence electrons. The summed E-state index contributed by atoms with van der Waals surface area (Å²) in [6, 6.07) is 2.01. The Kier molecular flexibility index (Phi) is 5.31. The predicted octanol–water partition coefficient (Wildman–Crippen LogP) is 0.889. The fourth-order valence-corrected chi connectivity index (χ4v) is 5.88. The normalized spacial score (nSPS) is 21.4. The van der Waals surface area contributed by atoms with Gasteiger partial charge in [-0.1, -0.05) is 6.07 Å². The van der Waals surface area contributed by atoms with E-state index in [1.54, 1.807) is 4.90 Å². The molecule has 2 amide bonds. The van der Waals surface area contributed by atoms with Crippen molar-refractivity contribution in [1.82, 2.24) is 14.5 Å². The molecule has 2 aliphatic rings. The lowest BCUT2D eigenvalue weighted by Gasteiger charge is -2.35. The Balaban J connectivity index is 1.76. The summed E-state index contributed by atoms with van der Waals surface area (Å²) >= 11 is 0. The first-order valence-corrected chi connectivity index (χ1v) is 10.7. The van der Waals surface area contributed by atoms with Crippen LogP contribution >= 0.6 is 0 Å². The Morgan fingerprint density at radius 2 is 1.59 bits per heavy atom. The van der Waals surface area contributed by atoms with Gasteiger partial charge in [-0.15, -0.1) is 0 Å². The molecule has 27 heavy (non-hydrogen) atoms. The van der Waals surface area contributed by atoms with Gasteiger partial charge in [0, 0.05) is 39.1 Å². The van der Waals surface area contributed by atoms with Crippen molar-refractivity contribution in [3.05, 3.63) is 28.3 Å². The van der Waals surface area contributed by atoms with Crippen LogP contribution in [-0.4, -0.2) is 62.2 Å². The third-order valence-corrected chi connectivity index (χ3v) is 7.95. The van der Waals surface area contributed by atoms with Gasteiger partial charge >= 0.3 is 0 Å². The molecule has 2 heterocycles. The average Bonchev–Trinajstić information content (AvgIpc) is 3.06. The fourth-order valence-electron chi connectivity index (χ4n) is 3.88. The second-order valence-corrected chi connectivity index (χ2v) is 9.40. The summed E-state index contributed by atoms with van der Waals surface area (Å²) in [6.07, 6.45) is 0.221. The summed E-state index contributed by atoms with van der Waals surface area (Å²) in [7, 11) is -3.62. The number of amides is 2. The lowest BCUT2D eigenvalue weighted by Crippen LogP contribution is -2.52. The molecule has 1 aromatic rings. The standard InChI is InChI=1S/C19H27N3O4S/c1-12-9-13(2)15(4)18(14(12)3)27(25,26)22-7-5-21(6-8-22)19(24)16-10-17(23)20-11-16/h9,16H,5-8,10-11H2,1-4H3,(H,20,23). The first-order valence-electron chi connectivity index (χ1n) is 9.26. The zero-order chi connectivity index (χ0) is 19.9. The monoisotopic (exact) mass is 393 g/mol. The summed E-state index contributed by atoms with van der Waals surface area (Å²) in [4.78, 5) is 25.9. The molecule has 0 bridgehead atoms. The highest BCUT2D eigenvalue weighted by atomic mass is 32.2. The topological polar surface area (TPSA) is 86.8 Å². The van der Waals surface area contributed by atoms with Gasteiger partial charge in [0.25, 0.3) is 0 Å². The molecule has 1 N–H and O–H groups in total. The Hall–Kier alpha value is -1.93. The van der Waals surface area contributed by atoms with Crippen LogP contribution in [0.15, 0.2) is 11.0 Å². The number of rotatable bonds is 3. The van der Waals surface area contributed by atoms with E-state index in [2.05, 4.69) is 5.32 Å². The first kappa shape index (κ1) is 19.8. The van der Waals surface area contributed by atoms with Gasteiger partial charge in [-0.2, -0.15) is 4.31 Å². The van der Waals surface area contributed by atoms with Gasteiger partial charge in [0.05, 0.1) is 10.8 Å². The third-order valence-electron chi connectivity index (χ3n) is 5.77. The van der Waals surface area contributed by atoms with Crippen LogP contribution in [0.3, 0.4) is 0 Å². The Bertz CT molecular complexity index is 860. The van der Waals surface area contributed by atoms with Crippen LogP contribution in [0.25, 0.3) is 0 Å². The largest absolute Gasteiger partial charge is 0.355 e. The highest BCUT2D eigenvalue weighted by Crippen LogP contribution is 2.29. The molecule has 2 fully saturated rings. The van der Waals surface area contributed by atoms with Crippen LogP contribution in [0.5, 0.6) is 0 Å². The predicted molar refractivity (Wildman–Crippen MR) is 102 cm³/mol. The first-order chi connectivity index (χ1) is 12.6. The van der Waals surface area contributed by atoms with E-state index < -0.39 is 10.0 Å². The molecule has 2 aliphatic heterocycles. The maximum Gasteiger partial charge on any atom is 0.243 e. The van der Waals surface area contributed by atoms with Gasteiger partial charge in [-0.25, -0.2) is 8.42 Å². The van der Waals surface area contributed by atoms with E-state index in [1.165, 1.54) is 4.31 Å². The van der Waals surface area contributed by atoms with Gasteiger partial charge in [0.1, 0.15) is 0 Å². The maximum atomic E-state index is 13.3. The Labute approximate surface area is 160 Å². The molecule has 1 unspecified atom stereocenters. The molecule has 1 aromatic carbocycles. The molecule has 0 aromatic heterocycles. The number of aryl methyl sites for hydroxylation is 2. The summed E-state index contributed by atoms with van der Waals surface area (Å²) < 4.78 is 28.0. The molecule has 2 saturated heterocycles. The van der Waals surface area contributed by atoms with Crippen LogP contribution in [0.2, 0.25) is 0 Å². The number of hydrogen-bond donors (Lipinski definition) is 1. The number of benzene rings is 1. The van der Waals surface area contributed by atoms with Gasteiger partial charge in [0.2, 0.25) is 21.8 Å². The molecule has 8 heteroatoms. The van der Waals surface area contributed by atoms with E-state index in [-0.39, 0.29) is 37.2 Å². The summed E-state index contributed by atoms with van der Waals surface area (Å²) in [5, 5.41) is 2.67. The van der Waals surface area contributed by atoms with Crippen LogP contribution in [0.1, 0.15) is 28.7 Å². The van der Waals surface area contributed by atoms with E-state index >= 15 is 0 Å². The second-order valence-electron chi connectivity index (χ2n) is 7.52. The second kappa shape index (κ2) is 7.24. The van der Waals surface area contributed by atoms with Gasteiger partial charge in [-0.3, -0.25) is 9.59 Å². The molecule has 0 spiro atoms. The van der Waals surface area contributed by atoms with Gasteiger partial charge < -0.3 is 10.2 Å². The van der Waals surface area contributed by atoms with E-state index in [0.29, 0.717) is 24.5 Å². The third kappa shape index (κ3) is 3.60. The van der Waals surface area contributed by atoms with Crippen molar-refractivity contribution in [2.75, 3.05) is 32.7 Å². The van der Waals surface area contributed by atoms with Crippen molar-refractivity contribution < 1.29 is 18.0 Å². The fraction of sp³-hybridized carbons (Fsp3) is 0.579. The maximum absolute atomic E-state index is 13.3. The van der Waals surface area contributed by atoms with Crippen molar-refractivity contribution in [2.45, 2.75) is 39.0 Å². The average molecular weight is 394 g/mol. The lowest BCUT2D eigenvalue weighted by atomic mass is 10.0. The van der Waals surface area contributed by atoms with Crippen molar-refractivity contribution in [3.63, 3.8) is 0 Å². The quantitative estimate of drug-likeness (QED) is 0.826. The van der Waals surface area contributed by atoms with E-state index in [1.807, 2.05) is 33.8 Å². The van der Waals surface area contributed by atoms with E-state index in [4.69, 9.17) is 0 Å². The molecular formula is C19H27N3O4S. The highest BCUT2D eigenvalue weighted by Gasteiger charge is 2.36. The molecule has 3 rings (SSSR count). The van der Waals surface area contributed by atoms with E-state index in [9.17, 15) is 18.0 Å². The minimum absolute atomic E-state index is 0.0656. The highest BCUT2D eigenvalue weighted by molar-refractivity contribution is 7.89. The zero-order valence-electron chi connectivity index (χ0n) is 16.3. The molecule has 0 aliphatic carbocycles. The number of nitrogens with one attached hydrogen (secondary N) is 1. The van der Waals surface area contributed by atoms with Crippen LogP contribution in [0, 0.1) is 33.6 Å². The SMILES string of the molecule is Cc1cc(C)c(C)c(S(=O)(=O)N2CCN(C(=O)C3CNC(=O)C3)CC2)c1C. The smallest absolute Gasteiger partial charge is 0.243 e. The van der Waals surface area contributed by atoms with Crippen LogP contribution in [0.4, 0.5) is 0 Å². The molecule has 1 atom stereocenters. The molecular weight excluding hydrogens is 366 g/mol. The van der Waals surface area contributed by atoms with Crippen molar-refractivity contribution in [2.24, 2.45) is 5.92 Å². The number of carbonyl (C=O) groups is 2. The number of sulfonamides is 1. The number of piperazine rings is 1. The summed E-state index contributed by atoms with van der Waals surface area (Å²) in [5.41, 5.74) is 3.49. The summed E-state index contributed by atoms with van der Waals surface area (Å²) in [5.74, 6) is -0.496. The minimum Gasteiger partial charge on any atom is -0.355 e. The van der Waals surface area contributed by atoms with Gasteiger partial charge in [0.15, 0.2) is 0 Å². The van der Waals surface area contributed by atoms with E-state index in [0.717, 1.165) is 22.3 Å². The summed E-state index contributed by atoms with van der Waals surface area (Å²) in [6.45, 7) is 9.16. The number of nitrogens with zero attached hydrogens (tertiary/aromatic N) is 2. The Morgan fingerprint density at radius 1 is 1.04 bits per heavy atom. The molecule has 0 radical (unpaired) electrons. The van der Waals surface area contributed by atoms with Crippen molar-refractivity contribution in [1.29, 1.82) is 0 Å². The number of hydrogen-bond acceptors (Lipinski definition) is 4. The lowest BCUT2D eigenvalue weighted by molar-refractivity contribution is -0.136. The minimum atomic E-state index is -3.62. The Morgan fingerprint density at radius 3 is 2.07 bits per heavy atom. The van der Waals surface area contributed by atoms with Crippen molar-refractivity contribution in [3.8, 4) is 0 Å². The molecule has 0 saturated carbocycles. The zero-order valence-corrected chi connectivity index (χ0v) is 17.1. The van der Waals surface area contributed by atoms with Crippen LogP contribution in [-0.2, 0) is 19.6 Å².